The molecule has 0 aromatic heterocycles. The molecule has 1 atom stereocenters. The summed E-state index contributed by atoms with van der Waals surface area (Å²) in [5.74, 6) is -1.04. The third kappa shape index (κ3) is 6.49. The molecule has 0 aliphatic heterocycles. The van der Waals surface area contributed by atoms with Gasteiger partial charge in [-0.05, 0) is 31.0 Å². The fraction of sp³-hybridized carbons (Fsp3) is 0.333. The van der Waals surface area contributed by atoms with E-state index in [1.165, 1.54) is 23.7 Å². The van der Waals surface area contributed by atoms with Gasteiger partial charge in [0.1, 0.15) is 6.04 Å². The fourth-order valence-electron chi connectivity index (χ4n) is 1.76. The number of carbonyl (C=O) groups is 1. The molecule has 0 fully saturated rings. The number of benzene rings is 1. The molecule has 1 aromatic rings. The van der Waals surface area contributed by atoms with Gasteiger partial charge in [0.2, 0.25) is 10.0 Å². The second kappa shape index (κ2) is 9.04. The lowest BCUT2D eigenvalue weighted by Gasteiger charge is -2.16. The number of aliphatic imine (C=N–C) groups is 1. The van der Waals surface area contributed by atoms with Crippen molar-refractivity contribution in [3.05, 3.63) is 28.2 Å². The highest BCUT2D eigenvalue weighted by molar-refractivity contribution is 7.89. The van der Waals surface area contributed by atoms with Crippen LogP contribution in [0.5, 0.6) is 0 Å². The van der Waals surface area contributed by atoms with Gasteiger partial charge in [-0.2, -0.15) is 4.72 Å². The molecule has 12 heteroatoms. The first kappa shape index (κ1) is 20.5. The summed E-state index contributed by atoms with van der Waals surface area (Å²) in [6.45, 7) is 0.197. The molecule has 0 heterocycles. The van der Waals surface area contributed by atoms with Crippen molar-refractivity contribution < 1.29 is 18.4 Å². The molecule has 0 radical (unpaired) electrons. The first-order valence-electron chi connectivity index (χ1n) is 6.63. The summed E-state index contributed by atoms with van der Waals surface area (Å²) < 4.78 is 26.9. The minimum Gasteiger partial charge on any atom is -0.370 e. The number of nitrogens with zero attached hydrogens (tertiary/aromatic N) is 1. The predicted molar refractivity (Wildman–Crippen MR) is 90.4 cm³/mol. The molecule has 1 aromatic carbocycles. The monoisotopic (exact) mass is 397 g/mol. The van der Waals surface area contributed by atoms with Crippen molar-refractivity contribution in [1.82, 2.24) is 10.2 Å². The van der Waals surface area contributed by atoms with Crippen LogP contribution in [0.3, 0.4) is 0 Å². The van der Waals surface area contributed by atoms with Crippen LogP contribution in [0.25, 0.3) is 0 Å². The Morgan fingerprint density at radius 2 is 1.83 bits per heavy atom. The van der Waals surface area contributed by atoms with Crippen molar-refractivity contribution in [2.45, 2.75) is 23.8 Å². The summed E-state index contributed by atoms with van der Waals surface area (Å²) in [7, 11) is -4.09. The number of hydroxylamine groups is 1. The van der Waals surface area contributed by atoms with Gasteiger partial charge in [-0.15, -0.1) is 0 Å². The molecule has 1 unspecified atom stereocenters. The lowest BCUT2D eigenvalue weighted by molar-refractivity contribution is -0.131. The minimum atomic E-state index is -4.09. The highest BCUT2D eigenvalue weighted by Gasteiger charge is 2.25. The van der Waals surface area contributed by atoms with E-state index in [9.17, 15) is 13.2 Å². The Balaban J connectivity index is 2.91. The zero-order valence-corrected chi connectivity index (χ0v) is 14.7. The van der Waals surface area contributed by atoms with Crippen LogP contribution in [-0.2, 0) is 14.8 Å². The molecule has 0 bridgehead atoms. The Morgan fingerprint density at radius 3 is 2.33 bits per heavy atom. The molecule has 134 valence electrons. The van der Waals surface area contributed by atoms with E-state index in [0.717, 1.165) is 0 Å². The smallest absolute Gasteiger partial charge is 0.261 e. The van der Waals surface area contributed by atoms with Gasteiger partial charge >= 0.3 is 0 Å². The zero-order chi connectivity index (χ0) is 18.3. The van der Waals surface area contributed by atoms with Gasteiger partial charge in [0.05, 0.1) is 4.90 Å². The van der Waals surface area contributed by atoms with Crippen LogP contribution in [0.15, 0.2) is 28.1 Å². The number of hydrogen-bond donors (Lipinski definition) is 5. The van der Waals surface area contributed by atoms with Gasteiger partial charge in [-0.1, -0.05) is 23.2 Å². The van der Waals surface area contributed by atoms with E-state index >= 15 is 0 Å². The van der Waals surface area contributed by atoms with Crippen molar-refractivity contribution in [3.8, 4) is 0 Å². The van der Waals surface area contributed by atoms with Gasteiger partial charge in [0, 0.05) is 16.6 Å². The van der Waals surface area contributed by atoms with E-state index in [2.05, 4.69) is 9.71 Å². The molecule has 9 nitrogen and oxygen atoms in total. The summed E-state index contributed by atoms with van der Waals surface area (Å²) in [5, 5.41) is 9.01. The molecule has 0 aliphatic rings. The van der Waals surface area contributed by atoms with Crippen LogP contribution in [0.1, 0.15) is 12.8 Å². The summed E-state index contributed by atoms with van der Waals surface area (Å²) in [6, 6.07) is 2.51. The lowest BCUT2D eigenvalue weighted by Crippen LogP contribution is -2.45. The average Bonchev–Trinajstić information content (AvgIpc) is 2.48. The summed E-state index contributed by atoms with van der Waals surface area (Å²) in [6.07, 6.45) is 0.353. The second-order valence-corrected chi connectivity index (χ2v) is 7.29. The number of amides is 1. The number of nitrogens with one attached hydrogen (secondary N) is 2. The Morgan fingerprint density at radius 1 is 1.25 bits per heavy atom. The molecule has 1 rings (SSSR count). The van der Waals surface area contributed by atoms with Crippen LogP contribution in [-0.4, -0.2) is 38.1 Å². The quantitative estimate of drug-likeness (QED) is 0.138. The molecule has 1 amide bonds. The largest absolute Gasteiger partial charge is 0.370 e. The van der Waals surface area contributed by atoms with Gasteiger partial charge in [-0.3, -0.25) is 15.0 Å². The molecule has 0 aliphatic carbocycles. The molecule has 0 saturated carbocycles. The third-order valence-corrected chi connectivity index (χ3v) is 4.70. The van der Waals surface area contributed by atoms with Crippen molar-refractivity contribution in [2.75, 3.05) is 6.54 Å². The number of sulfonamides is 1. The second-order valence-electron chi connectivity index (χ2n) is 4.70. The highest BCUT2D eigenvalue weighted by atomic mass is 35.5. The van der Waals surface area contributed by atoms with Crippen LogP contribution >= 0.6 is 23.2 Å². The topological polar surface area (TPSA) is 160 Å². The minimum absolute atomic E-state index is 0.0523. The Hall–Kier alpha value is -1.59. The van der Waals surface area contributed by atoms with Crippen molar-refractivity contribution >= 4 is 45.1 Å². The van der Waals surface area contributed by atoms with E-state index < -0.39 is 22.0 Å². The van der Waals surface area contributed by atoms with Crippen LogP contribution < -0.4 is 21.7 Å². The maximum absolute atomic E-state index is 12.4. The van der Waals surface area contributed by atoms with Crippen LogP contribution in [0.2, 0.25) is 10.0 Å². The molecular weight excluding hydrogens is 381 g/mol. The Labute approximate surface area is 149 Å². The van der Waals surface area contributed by atoms with Gasteiger partial charge in [0.25, 0.3) is 5.91 Å². The van der Waals surface area contributed by atoms with Crippen LogP contribution in [0.4, 0.5) is 0 Å². The average molecular weight is 398 g/mol. The first-order valence-corrected chi connectivity index (χ1v) is 8.87. The number of nitrogens with two attached hydrogens (primary N) is 2. The first-order chi connectivity index (χ1) is 11.2. The summed E-state index contributed by atoms with van der Waals surface area (Å²) in [4.78, 5) is 15.2. The number of rotatable bonds is 8. The predicted octanol–water partition coefficient (Wildman–Crippen LogP) is 0.199. The fourth-order valence-corrected chi connectivity index (χ4v) is 3.72. The van der Waals surface area contributed by atoms with Crippen molar-refractivity contribution in [1.29, 1.82) is 0 Å². The van der Waals surface area contributed by atoms with E-state index in [1.54, 1.807) is 0 Å². The molecule has 24 heavy (non-hydrogen) atoms. The maximum Gasteiger partial charge on any atom is 0.261 e. The van der Waals surface area contributed by atoms with Crippen LogP contribution in [0, 0.1) is 0 Å². The molecule has 0 spiro atoms. The van der Waals surface area contributed by atoms with Crippen molar-refractivity contribution in [3.63, 3.8) is 0 Å². The van der Waals surface area contributed by atoms with Gasteiger partial charge in [-0.25, -0.2) is 13.9 Å². The van der Waals surface area contributed by atoms with E-state index in [0.29, 0.717) is 6.42 Å². The Bertz CT molecular complexity index is 702. The SMILES string of the molecule is NC(N)=NCCCC(NS(=O)(=O)c1cc(Cl)cc(Cl)c1)C(=O)NO. The third-order valence-electron chi connectivity index (χ3n) is 2.82. The Kier molecular flexibility index (Phi) is 7.70. The number of guanidine groups is 1. The standard InChI is InChI=1S/C12H17Cl2N5O4S/c13-7-4-8(14)6-9(5-7)24(22,23)19-10(11(20)18-21)2-1-3-17-12(15)16/h4-6,10,19,21H,1-3H2,(H,18,20)(H4,15,16,17). The molecular formula is C12H17Cl2N5O4S. The van der Waals surface area contributed by atoms with Gasteiger partial charge in [0.15, 0.2) is 5.96 Å². The summed E-state index contributed by atoms with van der Waals surface area (Å²) >= 11 is 11.6. The summed E-state index contributed by atoms with van der Waals surface area (Å²) in [5.41, 5.74) is 11.8. The zero-order valence-electron chi connectivity index (χ0n) is 12.4. The number of hydrogen-bond acceptors (Lipinski definition) is 5. The highest BCUT2D eigenvalue weighted by Crippen LogP contribution is 2.22. The van der Waals surface area contributed by atoms with Crippen molar-refractivity contribution in [2.24, 2.45) is 16.5 Å². The molecule has 0 saturated heterocycles. The number of halogens is 2. The van der Waals surface area contributed by atoms with E-state index in [-0.39, 0.29) is 33.9 Å². The molecule has 7 N–H and O–H groups in total. The number of carbonyl (C=O) groups excluding carboxylic acids is 1. The normalized spacial score (nSPS) is 12.5. The maximum atomic E-state index is 12.4. The van der Waals surface area contributed by atoms with E-state index in [4.69, 9.17) is 39.9 Å². The van der Waals surface area contributed by atoms with E-state index in [1.807, 2.05) is 0 Å². The lowest BCUT2D eigenvalue weighted by atomic mass is 10.1. The van der Waals surface area contributed by atoms with Gasteiger partial charge < -0.3 is 11.5 Å².